The first-order valence-electron chi connectivity index (χ1n) is 7.57. The number of halogens is 4. The first kappa shape index (κ1) is 17.9. The Balaban J connectivity index is 1.79. The first-order valence-corrected chi connectivity index (χ1v) is 7.57. The molecule has 0 atom stereocenters. The van der Waals surface area contributed by atoms with Gasteiger partial charge in [-0.05, 0) is 31.0 Å². The first-order chi connectivity index (χ1) is 12.2. The van der Waals surface area contributed by atoms with Gasteiger partial charge < -0.3 is 10.6 Å². The molecule has 1 saturated carbocycles. The normalized spacial score (nSPS) is 16.0. The Hall–Kier alpha value is -2.91. The standard InChI is InChI=1S/C16H14F4N4O2/c1-24-12(13(19)20)7-11(22-24)14(25)26-23-15(21)16(4-5-16)9-6-8(17)2-3-10(9)18/h2-3,6-7,13H,4-5H2,1H3,(H2,21,23). The van der Waals surface area contributed by atoms with Crippen LogP contribution in [0.4, 0.5) is 17.6 Å². The Labute approximate surface area is 145 Å². The van der Waals surface area contributed by atoms with E-state index in [0.29, 0.717) is 12.8 Å². The van der Waals surface area contributed by atoms with Crippen LogP contribution in [0.2, 0.25) is 0 Å². The highest BCUT2D eigenvalue weighted by atomic mass is 19.3. The molecule has 0 radical (unpaired) electrons. The van der Waals surface area contributed by atoms with Crippen LogP contribution in [0.1, 0.15) is 41.0 Å². The zero-order chi connectivity index (χ0) is 19.1. The molecular weight excluding hydrogens is 356 g/mol. The SMILES string of the molecule is Cn1nc(C(=O)O/N=C(\N)C2(c3cc(F)ccc3F)CC2)cc1C(F)F. The zero-order valence-electron chi connectivity index (χ0n) is 13.5. The maximum Gasteiger partial charge on any atom is 0.385 e. The number of rotatable bonds is 5. The zero-order valence-corrected chi connectivity index (χ0v) is 13.5. The van der Waals surface area contributed by atoms with Crippen molar-refractivity contribution < 1.29 is 27.2 Å². The lowest BCUT2D eigenvalue weighted by Gasteiger charge is -2.15. The summed E-state index contributed by atoms with van der Waals surface area (Å²) >= 11 is 0. The van der Waals surface area contributed by atoms with E-state index in [1.54, 1.807) is 0 Å². The fourth-order valence-electron chi connectivity index (χ4n) is 2.66. The number of nitrogens with zero attached hydrogens (tertiary/aromatic N) is 3. The van der Waals surface area contributed by atoms with Crippen LogP contribution in [0, 0.1) is 11.6 Å². The minimum absolute atomic E-state index is 0.0209. The summed E-state index contributed by atoms with van der Waals surface area (Å²) in [7, 11) is 1.25. The third-order valence-corrected chi connectivity index (χ3v) is 4.26. The van der Waals surface area contributed by atoms with E-state index < -0.39 is 35.1 Å². The number of hydrogen-bond acceptors (Lipinski definition) is 4. The van der Waals surface area contributed by atoms with Gasteiger partial charge in [-0.15, -0.1) is 0 Å². The Morgan fingerprint density at radius 3 is 2.62 bits per heavy atom. The summed E-state index contributed by atoms with van der Waals surface area (Å²) in [6.45, 7) is 0. The van der Waals surface area contributed by atoms with Crippen molar-refractivity contribution in [2.75, 3.05) is 0 Å². The molecule has 1 aromatic heterocycles. The van der Waals surface area contributed by atoms with Gasteiger partial charge in [0.2, 0.25) is 0 Å². The Morgan fingerprint density at radius 2 is 2.04 bits per heavy atom. The molecule has 6 nitrogen and oxygen atoms in total. The average molecular weight is 370 g/mol. The van der Waals surface area contributed by atoms with Crippen molar-refractivity contribution in [3.8, 4) is 0 Å². The Bertz CT molecular complexity index is 890. The van der Waals surface area contributed by atoms with Gasteiger partial charge in [0.1, 0.15) is 17.3 Å². The Kier molecular flexibility index (Phi) is 4.43. The van der Waals surface area contributed by atoms with E-state index in [9.17, 15) is 22.4 Å². The second kappa shape index (κ2) is 6.43. The van der Waals surface area contributed by atoms with Crippen molar-refractivity contribution in [1.29, 1.82) is 0 Å². The van der Waals surface area contributed by atoms with Gasteiger partial charge in [0.15, 0.2) is 11.5 Å². The minimum Gasteiger partial charge on any atom is -0.384 e. The van der Waals surface area contributed by atoms with E-state index in [4.69, 9.17) is 5.73 Å². The number of hydrogen-bond donors (Lipinski definition) is 1. The lowest BCUT2D eigenvalue weighted by Crippen LogP contribution is -2.30. The summed E-state index contributed by atoms with van der Waals surface area (Å²) in [6, 6.07) is 3.84. The van der Waals surface area contributed by atoms with E-state index >= 15 is 0 Å². The predicted molar refractivity (Wildman–Crippen MR) is 82.5 cm³/mol. The summed E-state index contributed by atoms with van der Waals surface area (Å²) in [4.78, 5) is 16.5. The van der Waals surface area contributed by atoms with Gasteiger partial charge in [-0.25, -0.2) is 22.4 Å². The molecule has 26 heavy (non-hydrogen) atoms. The maximum atomic E-state index is 14.0. The predicted octanol–water partition coefficient (Wildman–Crippen LogP) is 2.80. The molecule has 1 aliphatic rings. The molecular formula is C16H14F4N4O2. The monoisotopic (exact) mass is 370 g/mol. The molecule has 2 aromatic rings. The van der Waals surface area contributed by atoms with Crippen LogP contribution in [0.5, 0.6) is 0 Å². The Morgan fingerprint density at radius 1 is 1.35 bits per heavy atom. The smallest absolute Gasteiger partial charge is 0.384 e. The van der Waals surface area contributed by atoms with E-state index in [-0.39, 0.29) is 17.1 Å². The quantitative estimate of drug-likeness (QED) is 0.288. The number of aryl methyl sites for hydroxylation is 1. The number of amidine groups is 1. The lowest BCUT2D eigenvalue weighted by molar-refractivity contribution is 0.0506. The average Bonchev–Trinajstić information content (AvgIpc) is 3.30. The molecule has 0 saturated heterocycles. The molecule has 1 aliphatic carbocycles. The number of carbonyl (C=O) groups excluding carboxylic acids is 1. The third-order valence-electron chi connectivity index (χ3n) is 4.26. The second-order valence-corrected chi connectivity index (χ2v) is 5.94. The van der Waals surface area contributed by atoms with Crippen molar-refractivity contribution in [3.63, 3.8) is 0 Å². The van der Waals surface area contributed by atoms with Gasteiger partial charge in [-0.2, -0.15) is 5.10 Å². The number of carbonyl (C=O) groups is 1. The minimum atomic E-state index is -2.81. The van der Waals surface area contributed by atoms with Crippen molar-refractivity contribution in [3.05, 3.63) is 52.9 Å². The van der Waals surface area contributed by atoms with Crippen LogP contribution >= 0.6 is 0 Å². The molecule has 1 fully saturated rings. The number of nitrogens with two attached hydrogens (primary N) is 1. The summed E-state index contributed by atoms with van der Waals surface area (Å²) < 4.78 is 53.7. The molecule has 3 rings (SSSR count). The van der Waals surface area contributed by atoms with Crippen LogP contribution in [-0.2, 0) is 17.3 Å². The summed E-state index contributed by atoms with van der Waals surface area (Å²) in [6.07, 6.45) is -2.01. The summed E-state index contributed by atoms with van der Waals surface area (Å²) in [5.74, 6) is -2.59. The van der Waals surface area contributed by atoms with Crippen LogP contribution in [0.25, 0.3) is 0 Å². The molecule has 10 heteroatoms. The lowest BCUT2D eigenvalue weighted by atomic mass is 9.94. The van der Waals surface area contributed by atoms with Crippen molar-refractivity contribution >= 4 is 11.8 Å². The summed E-state index contributed by atoms with van der Waals surface area (Å²) in [5.41, 5.74) is 3.95. The fourth-order valence-corrected chi connectivity index (χ4v) is 2.66. The number of alkyl halides is 2. The summed E-state index contributed by atoms with van der Waals surface area (Å²) in [5, 5.41) is 7.10. The molecule has 0 spiro atoms. The molecule has 0 bridgehead atoms. The highest BCUT2D eigenvalue weighted by Gasteiger charge is 2.50. The van der Waals surface area contributed by atoms with Crippen LogP contribution < -0.4 is 5.73 Å². The second-order valence-electron chi connectivity index (χ2n) is 5.94. The molecule has 1 aromatic carbocycles. The molecule has 138 valence electrons. The molecule has 0 unspecified atom stereocenters. The van der Waals surface area contributed by atoms with E-state index in [1.807, 2.05) is 0 Å². The largest absolute Gasteiger partial charge is 0.385 e. The number of benzene rings is 1. The highest BCUT2D eigenvalue weighted by molar-refractivity contribution is 5.95. The van der Waals surface area contributed by atoms with Gasteiger partial charge in [0.25, 0.3) is 6.43 Å². The van der Waals surface area contributed by atoms with Crippen LogP contribution in [0.3, 0.4) is 0 Å². The molecule has 2 N–H and O–H groups in total. The van der Waals surface area contributed by atoms with E-state index in [0.717, 1.165) is 28.9 Å². The van der Waals surface area contributed by atoms with Crippen molar-refractivity contribution in [2.24, 2.45) is 17.9 Å². The van der Waals surface area contributed by atoms with Gasteiger partial charge in [0, 0.05) is 18.7 Å². The third kappa shape index (κ3) is 3.14. The molecule has 1 heterocycles. The maximum absolute atomic E-state index is 14.0. The van der Waals surface area contributed by atoms with Crippen LogP contribution in [0.15, 0.2) is 29.4 Å². The van der Waals surface area contributed by atoms with E-state index in [2.05, 4.69) is 15.1 Å². The van der Waals surface area contributed by atoms with Gasteiger partial charge >= 0.3 is 5.97 Å². The number of aromatic nitrogens is 2. The molecule has 0 amide bonds. The van der Waals surface area contributed by atoms with E-state index in [1.165, 1.54) is 7.05 Å². The van der Waals surface area contributed by atoms with Crippen molar-refractivity contribution in [2.45, 2.75) is 24.7 Å². The number of oxime groups is 1. The van der Waals surface area contributed by atoms with Crippen molar-refractivity contribution in [1.82, 2.24) is 9.78 Å². The van der Waals surface area contributed by atoms with Gasteiger partial charge in [-0.1, -0.05) is 5.16 Å². The fraction of sp³-hybridized carbons (Fsp3) is 0.312. The van der Waals surface area contributed by atoms with Crippen LogP contribution in [-0.4, -0.2) is 21.6 Å². The topological polar surface area (TPSA) is 82.5 Å². The van der Waals surface area contributed by atoms with Gasteiger partial charge in [-0.3, -0.25) is 4.68 Å². The molecule has 0 aliphatic heterocycles. The highest BCUT2D eigenvalue weighted by Crippen LogP contribution is 2.49. The van der Waals surface area contributed by atoms with Gasteiger partial charge in [0.05, 0.1) is 5.41 Å².